The van der Waals surface area contributed by atoms with Crippen LogP contribution in [0.15, 0.2) is 24.5 Å². The highest BCUT2D eigenvalue weighted by Crippen LogP contribution is 2.10. The maximum atomic E-state index is 5.60. The number of rotatable bonds is 4. The van der Waals surface area contributed by atoms with Crippen molar-refractivity contribution in [1.29, 1.82) is 0 Å². The Hall–Kier alpha value is -1.00. The molecule has 0 unspecified atom stereocenters. The highest BCUT2D eigenvalue weighted by atomic mass is 32.1. The van der Waals surface area contributed by atoms with Gasteiger partial charge in [-0.15, -0.1) is 0 Å². The number of nitrogens with zero attached hydrogens (tertiary/aromatic N) is 1. The van der Waals surface area contributed by atoms with E-state index in [1.807, 2.05) is 19.1 Å². The van der Waals surface area contributed by atoms with E-state index in [1.54, 1.807) is 12.4 Å². The third-order valence-electron chi connectivity index (χ3n) is 1.71. The highest BCUT2D eigenvalue weighted by molar-refractivity contribution is 7.80. The quantitative estimate of drug-likeness (QED) is 0.704. The van der Waals surface area contributed by atoms with Gasteiger partial charge in [-0.05, 0) is 18.2 Å². The summed E-state index contributed by atoms with van der Waals surface area (Å²) >= 11 is 4.95. The molecule has 1 rings (SSSR count). The Morgan fingerprint density at radius 1 is 1.77 bits per heavy atom. The summed E-state index contributed by atoms with van der Waals surface area (Å²) in [5, 5.41) is 3.19. The van der Waals surface area contributed by atoms with Gasteiger partial charge >= 0.3 is 0 Å². The normalized spacial score (nSPS) is 12.4. The van der Waals surface area contributed by atoms with E-state index in [2.05, 4.69) is 10.3 Å². The number of hydrogen-bond acceptors (Lipinski definition) is 3. The fraction of sp³-hybridized carbons (Fsp3) is 0.333. The summed E-state index contributed by atoms with van der Waals surface area (Å²) < 4.78 is 0. The SMILES string of the molecule is CCN[C@H](C(N)=S)c1cccnc1. The smallest absolute Gasteiger partial charge is 0.0946 e. The van der Waals surface area contributed by atoms with Crippen LogP contribution in [-0.4, -0.2) is 16.5 Å². The lowest BCUT2D eigenvalue weighted by atomic mass is 10.1. The van der Waals surface area contributed by atoms with Crippen molar-refractivity contribution < 1.29 is 0 Å². The number of thiocarbonyl (C=S) groups is 1. The molecule has 13 heavy (non-hydrogen) atoms. The van der Waals surface area contributed by atoms with E-state index in [4.69, 9.17) is 18.0 Å². The minimum atomic E-state index is -0.0614. The summed E-state index contributed by atoms with van der Waals surface area (Å²) in [7, 11) is 0. The van der Waals surface area contributed by atoms with E-state index in [1.165, 1.54) is 0 Å². The van der Waals surface area contributed by atoms with Crippen LogP contribution in [0.1, 0.15) is 18.5 Å². The van der Waals surface area contributed by atoms with Crippen LogP contribution in [0, 0.1) is 0 Å². The first-order valence-electron chi connectivity index (χ1n) is 4.18. The van der Waals surface area contributed by atoms with Gasteiger partial charge in [-0.25, -0.2) is 0 Å². The Morgan fingerprint density at radius 2 is 2.54 bits per heavy atom. The number of nitrogens with two attached hydrogens (primary N) is 1. The van der Waals surface area contributed by atoms with Crippen molar-refractivity contribution in [2.75, 3.05) is 6.54 Å². The molecule has 0 bridgehead atoms. The molecule has 1 heterocycles. The summed E-state index contributed by atoms with van der Waals surface area (Å²) in [6.45, 7) is 2.85. The number of pyridine rings is 1. The monoisotopic (exact) mass is 195 g/mol. The predicted octanol–water partition coefficient (Wildman–Crippen LogP) is 1.02. The second-order valence-corrected chi connectivity index (χ2v) is 3.15. The van der Waals surface area contributed by atoms with Crippen LogP contribution in [0.5, 0.6) is 0 Å². The topological polar surface area (TPSA) is 50.9 Å². The predicted molar refractivity (Wildman–Crippen MR) is 57.4 cm³/mol. The zero-order valence-electron chi connectivity index (χ0n) is 7.53. The average molecular weight is 195 g/mol. The maximum absolute atomic E-state index is 5.60. The first kappa shape index (κ1) is 10.1. The lowest BCUT2D eigenvalue weighted by Crippen LogP contribution is -2.32. The lowest BCUT2D eigenvalue weighted by molar-refractivity contribution is 0.676. The average Bonchev–Trinajstić information content (AvgIpc) is 2.15. The first-order chi connectivity index (χ1) is 6.25. The van der Waals surface area contributed by atoms with Gasteiger partial charge in [-0.3, -0.25) is 4.98 Å². The van der Waals surface area contributed by atoms with E-state index >= 15 is 0 Å². The molecular weight excluding hydrogens is 182 g/mol. The molecular formula is C9H13N3S. The second-order valence-electron chi connectivity index (χ2n) is 2.68. The summed E-state index contributed by atoms with van der Waals surface area (Å²) in [6, 6.07) is 3.77. The third kappa shape index (κ3) is 2.75. The van der Waals surface area contributed by atoms with Crippen LogP contribution in [0.4, 0.5) is 0 Å². The molecule has 0 spiro atoms. The van der Waals surface area contributed by atoms with Crippen molar-refractivity contribution in [2.45, 2.75) is 13.0 Å². The number of likely N-dealkylation sites (N-methyl/N-ethyl adjacent to an activating group) is 1. The molecule has 1 aromatic heterocycles. The molecule has 0 aliphatic heterocycles. The van der Waals surface area contributed by atoms with Gasteiger partial charge in [0.1, 0.15) is 0 Å². The molecule has 0 saturated carbocycles. The minimum absolute atomic E-state index is 0.0614. The molecule has 70 valence electrons. The van der Waals surface area contributed by atoms with Crippen LogP contribution < -0.4 is 11.1 Å². The Balaban J connectivity index is 2.82. The van der Waals surface area contributed by atoms with Crippen LogP contribution in [0.3, 0.4) is 0 Å². The van der Waals surface area contributed by atoms with Gasteiger partial charge in [-0.1, -0.05) is 25.2 Å². The molecule has 4 heteroatoms. The molecule has 1 atom stereocenters. The van der Waals surface area contributed by atoms with E-state index in [0.29, 0.717) is 4.99 Å². The summed E-state index contributed by atoms with van der Waals surface area (Å²) in [5.74, 6) is 0. The fourth-order valence-electron chi connectivity index (χ4n) is 1.13. The molecule has 0 aliphatic carbocycles. The van der Waals surface area contributed by atoms with Crippen molar-refractivity contribution in [1.82, 2.24) is 10.3 Å². The van der Waals surface area contributed by atoms with Gasteiger partial charge in [0.15, 0.2) is 0 Å². The van der Waals surface area contributed by atoms with Gasteiger partial charge < -0.3 is 11.1 Å². The Bertz CT molecular complexity index is 273. The third-order valence-corrected chi connectivity index (χ3v) is 1.95. The van der Waals surface area contributed by atoms with E-state index in [-0.39, 0.29) is 6.04 Å². The standard InChI is InChI=1S/C9H13N3S/c1-2-12-8(9(10)13)7-4-3-5-11-6-7/h3-6,8,12H,2H2,1H3,(H2,10,13)/t8-/m0/s1. The Labute approximate surface area is 83.4 Å². The minimum Gasteiger partial charge on any atom is -0.392 e. The van der Waals surface area contributed by atoms with E-state index in [0.717, 1.165) is 12.1 Å². The van der Waals surface area contributed by atoms with Crippen LogP contribution in [0.2, 0.25) is 0 Å². The van der Waals surface area contributed by atoms with E-state index in [9.17, 15) is 0 Å². The van der Waals surface area contributed by atoms with Crippen molar-refractivity contribution in [3.63, 3.8) is 0 Å². The van der Waals surface area contributed by atoms with Crippen molar-refractivity contribution in [3.8, 4) is 0 Å². The number of hydrogen-bond donors (Lipinski definition) is 2. The van der Waals surface area contributed by atoms with Gasteiger partial charge in [0, 0.05) is 12.4 Å². The van der Waals surface area contributed by atoms with Crippen molar-refractivity contribution >= 4 is 17.2 Å². The second kappa shape index (κ2) is 4.89. The molecule has 0 amide bonds. The fourth-order valence-corrected chi connectivity index (χ4v) is 1.35. The van der Waals surface area contributed by atoms with Crippen LogP contribution >= 0.6 is 12.2 Å². The maximum Gasteiger partial charge on any atom is 0.0946 e. The Kier molecular flexibility index (Phi) is 3.79. The van der Waals surface area contributed by atoms with Crippen molar-refractivity contribution in [2.24, 2.45) is 5.73 Å². The van der Waals surface area contributed by atoms with Crippen LogP contribution in [-0.2, 0) is 0 Å². The van der Waals surface area contributed by atoms with E-state index < -0.39 is 0 Å². The molecule has 1 aromatic rings. The number of aromatic nitrogens is 1. The Morgan fingerprint density at radius 3 is 3.00 bits per heavy atom. The van der Waals surface area contributed by atoms with Crippen LogP contribution in [0.25, 0.3) is 0 Å². The zero-order chi connectivity index (χ0) is 9.68. The molecule has 0 aliphatic rings. The molecule has 3 nitrogen and oxygen atoms in total. The summed E-state index contributed by atoms with van der Waals surface area (Å²) in [4.78, 5) is 4.47. The molecule has 0 saturated heterocycles. The van der Waals surface area contributed by atoms with Gasteiger partial charge in [0.2, 0.25) is 0 Å². The lowest BCUT2D eigenvalue weighted by Gasteiger charge is -2.15. The summed E-state index contributed by atoms with van der Waals surface area (Å²) in [6.07, 6.45) is 3.50. The molecule has 0 radical (unpaired) electrons. The first-order valence-corrected chi connectivity index (χ1v) is 4.59. The molecule has 3 N–H and O–H groups in total. The van der Waals surface area contributed by atoms with Gasteiger partial charge in [0.05, 0.1) is 11.0 Å². The highest BCUT2D eigenvalue weighted by Gasteiger charge is 2.12. The van der Waals surface area contributed by atoms with Crippen molar-refractivity contribution in [3.05, 3.63) is 30.1 Å². The van der Waals surface area contributed by atoms with Gasteiger partial charge in [0.25, 0.3) is 0 Å². The molecule has 0 aromatic carbocycles. The number of nitrogens with one attached hydrogen (secondary N) is 1. The molecule has 0 fully saturated rings. The zero-order valence-corrected chi connectivity index (χ0v) is 8.34. The van der Waals surface area contributed by atoms with Gasteiger partial charge in [-0.2, -0.15) is 0 Å². The summed E-state index contributed by atoms with van der Waals surface area (Å²) in [5.41, 5.74) is 6.61. The largest absolute Gasteiger partial charge is 0.392 e.